The average molecular weight is 241 g/mol. The second-order valence-corrected chi connectivity index (χ2v) is 4.91. The lowest BCUT2D eigenvalue weighted by Crippen LogP contribution is -2.18. The van der Waals surface area contributed by atoms with E-state index in [9.17, 15) is 4.79 Å². The Labute approximate surface area is 103 Å². The van der Waals surface area contributed by atoms with E-state index in [1.165, 1.54) is 0 Å². The van der Waals surface area contributed by atoms with E-state index in [1.807, 2.05) is 54.9 Å². The third kappa shape index (κ3) is 1.59. The first-order valence-electron chi connectivity index (χ1n) is 5.40. The van der Waals surface area contributed by atoms with Gasteiger partial charge in [-0.3, -0.25) is 4.79 Å². The number of thiophene rings is 1. The van der Waals surface area contributed by atoms with Crippen molar-refractivity contribution in [3.8, 4) is 10.4 Å². The fourth-order valence-electron chi connectivity index (χ4n) is 2.03. The van der Waals surface area contributed by atoms with Crippen molar-refractivity contribution in [2.75, 3.05) is 0 Å². The van der Waals surface area contributed by atoms with Crippen LogP contribution in [0.4, 0.5) is 0 Å². The number of aromatic nitrogens is 1. The molecular weight excluding hydrogens is 230 g/mol. The molecule has 0 saturated carbocycles. The van der Waals surface area contributed by atoms with Gasteiger partial charge in [0.2, 0.25) is 0 Å². The number of benzene rings is 1. The number of para-hydroxylation sites is 1. The summed E-state index contributed by atoms with van der Waals surface area (Å²) >= 11 is 1.59. The zero-order valence-corrected chi connectivity index (χ0v) is 10.2. The summed E-state index contributed by atoms with van der Waals surface area (Å²) < 4.78 is 1.71. The van der Waals surface area contributed by atoms with Crippen molar-refractivity contribution in [3.63, 3.8) is 0 Å². The molecule has 0 spiro atoms. The van der Waals surface area contributed by atoms with Crippen LogP contribution in [-0.4, -0.2) is 4.57 Å². The highest BCUT2D eigenvalue weighted by molar-refractivity contribution is 7.13. The van der Waals surface area contributed by atoms with Crippen LogP contribution in [0, 0.1) is 0 Å². The normalized spacial score (nSPS) is 10.9. The van der Waals surface area contributed by atoms with Crippen molar-refractivity contribution in [2.45, 2.75) is 0 Å². The molecule has 0 saturated heterocycles. The van der Waals surface area contributed by atoms with Crippen molar-refractivity contribution in [3.05, 3.63) is 58.2 Å². The van der Waals surface area contributed by atoms with E-state index >= 15 is 0 Å². The largest absolute Gasteiger partial charge is 0.311 e. The van der Waals surface area contributed by atoms with E-state index < -0.39 is 0 Å². The van der Waals surface area contributed by atoms with E-state index in [2.05, 4.69) is 0 Å². The van der Waals surface area contributed by atoms with Gasteiger partial charge >= 0.3 is 0 Å². The molecule has 0 aliphatic carbocycles. The van der Waals surface area contributed by atoms with Crippen molar-refractivity contribution in [1.29, 1.82) is 0 Å². The van der Waals surface area contributed by atoms with E-state index in [0.29, 0.717) is 0 Å². The highest BCUT2D eigenvalue weighted by atomic mass is 32.1. The van der Waals surface area contributed by atoms with Crippen molar-refractivity contribution < 1.29 is 0 Å². The van der Waals surface area contributed by atoms with Gasteiger partial charge in [-0.15, -0.1) is 11.3 Å². The predicted octanol–water partition coefficient (Wildman–Crippen LogP) is 3.27. The van der Waals surface area contributed by atoms with Gasteiger partial charge in [0.1, 0.15) is 0 Å². The van der Waals surface area contributed by atoms with Gasteiger partial charge in [0.05, 0.1) is 11.1 Å². The van der Waals surface area contributed by atoms with Crippen LogP contribution in [0.5, 0.6) is 0 Å². The summed E-state index contributed by atoms with van der Waals surface area (Å²) in [5, 5.41) is 3.09. The fraction of sp³-hybridized carbons (Fsp3) is 0.0714. The molecule has 3 rings (SSSR count). The van der Waals surface area contributed by atoms with Crippen molar-refractivity contribution >= 4 is 22.2 Å². The molecule has 0 bridgehead atoms. The molecule has 84 valence electrons. The van der Waals surface area contributed by atoms with Gasteiger partial charge in [-0.2, -0.15) is 0 Å². The Morgan fingerprint density at radius 1 is 1.12 bits per heavy atom. The molecular formula is C14H11NOS. The second-order valence-electron chi connectivity index (χ2n) is 3.96. The Morgan fingerprint density at radius 3 is 2.71 bits per heavy atom. The summed E-state index contributed by atoms with van der Waals surface area (Å²) in [7, 11) is 1.82. The van der Waals surface area contributed by atoms with Gasteiger partial charge < -0.3 is 4.57 Å². The number of fused-ring (bicyclic) bond motifs is 1. The Kier molecular flexibility index (Phi) is 2.34. The van der Waals surface area contributed by atoms with Crippen LogP contribution in [-0.2, 0) is 7.05 Å². The molecule has 0 atom stereocenters. The van der Waals surface area contributed by atoms with Gasteiger partial charge in [0.25, 0.3) is 5.56 Å². The number of nitrogens with zero attached hydrogens (tertiary/aromatic N) is 1. The highest BCUT2D eigenvalue weighted by Crippen LogP contribution is 2.24. The van der Waals surface area contributed by atoms with Crippen molar-refractivity contribution in [1.82, 2.24) is 4.57 Å². The minimum Gasteiger partial charge on any atom is -0.311 e. The van der Waals surface area contributed by atoms with Crippen LogP contribution in [0.3, 0.4) is 0 Å². The first-order valence-corrected chi connectivity index (χ1v) is 6.28. The van der Waals surface area contributed by atoms with Gasteiger partial charge in [-0.05, 0) is 29.0 Å². The van der Waals surface area contributed by atoms with Crippen LogP contribution >= 0.6 is 11.3 Å². The summed E-state index contributed by atoms with van der Waals surface area (Å²) in [5.74, 6) is 0. The number of hydrogen-bond donors (Lipinski definition) is 0. The molecule has 0 fully saturated rings. The van der Waals surface area contributed by atoms with E-state index in [-0.39, 0.29) is 5.56 Å². The molecule has 3 heteroatoms. The predicted molar refractivity (Wildman–Crippen MR) is 72.5 cm³/mol. The summed E-state index contributed by atoms with van der Waals surface area (Å²) in [6, 6.07) is 13.9. The maximum Gasteiger partial charge on any atom is 0.259 e. The average Bonchev–Trinajstić information content (AvgIpc) is 2.87. The Morgan fingerprint density at radius 2 is 1.94 bits per heavy atom. The van der Waals surface area contributed by atoms with Gasteiger partial charge in [-0.1, -0.05) is 24.3 Å². The molecule has 0 radical (unpaired) electrons. The summed E-state index contributed by atoms with van der Waals surface area (Å²) in [4.78, 5) is 13.3. The monoisotopic (exact) mass is 241 g/mol. The molecule has 17 heavy (non-hydrogen) atoms. The third-order valence-corrected chi connectivity index (χ3v) is 3.82. The second kappa shape index (κ2) is 3.86. The number of hydrogen-bond acceptors (Lipinski definition) is 2. The Balaban J connectivity index is 2.42. The lowest BCUT2D eigenvalue weighted by atomic mass is 10.1. The van der Waals surface area contributed by atoms with Crippen LogP contribution in [0.15, 0.2) is 52.6 Å². The SMILES string of the molecule is Cn1c(=O)c(-c2cccs2)cc2ccccc21. The minimum atomic E-state index is 0.0612. The zero-order chi connectivity index (χ0) is 11.8. The fourth-order valence-corrected chi connectivity index (χ4v) is 2.76. The Bertz CT molecular complexity index is 726. The van der Waals surface area contributed by atoms with E-state index in [1.54, 1.807) is 15.9 Å². The quantitative estimate of drug-likeness (QED) is 0.641. The molecule has 0 N–H and O–H groups in total. The molecule has 2 aromatic heterocycles. The lowest BCUT2D eigenvalue weighted by Gasteiger charge is -2.07. The molecule has 3 aromatic rings. The number of rotatable bonds is 1. The lowest BCUT2D eigenvalue weighted by molar-refractivity contribution is 0.909. The summed E-state index contributed by atoms with van der Waals surface area (Å²) in [5.41, 5.74) is 1.81. The molecule has 2 heterocycles. The van der Waals surface area contributed by atoms with Crippen molar-refractivity contribution in [2.24, 2.45) is 7.05 Å². The maximum absolute atomic E-state index is 12.3. The van der Waals surface area contributed by atoms with Gasteiger partial charge in [0.15, 0.2) is 0 Å². The molecule has 0 unspecified atom stereocenters. The first kappa shape index (κ1) is 10.3. The summed E-state index contributed by atoms with van der Waals surface area (Å²) in [6.45, 7) is 0. The topological polar surface area (TPSA) is 22.0 Å². The third-order valence-electron chi connectivity index (χ3n) is 2.92. The van der Waals surface area contributed by atoms with Gasteiger partial charge in [0, 0.05) is 11.9 Å². The van der Waals surface area contributed by atoms with Gasteiger partial charge in [-0.25, -0.2) is 0 Å². The van der Waals surface area contributed by atoms with Crippen LogP contribution in [0.25, 0.3) is 21.3 Å². The number of aryl methyl sites for hydroxylation is 1. The van der Waals surface area contributed by atoms with Crippen LogP contribution in [0.1, 0.15) is 0 Å². The standard InChI is InChI=1S/C14H11NOS/c1-15-12-6-3-2-5-10(12)9-11(14(15)16)13-7-4-8-17-13/h2-9H,1H3. The smallest absolute Gasteiger partial charge is 0.259 e. The molecule has 2 nitrogen and oxygen atoms in total. The first-order chi connectivity index (χ1) is 8.27. The molecule has 1 aromatic carbocycles. The zero-order valence-electron chi connectivity index (χ0n) is 9.38. The van der Waals surface area contributed by atoms with E-state index in [0.717, 1.165) is 21.3 Å². The molecule has 0 aliphatic rings. The van der Waals surface area contributed by atoms with Crippen LogP contribution in [0.2, 0.25) is 0 Å². The molecule has 0 aliphatic heterocycles. The highest BCUT2D eigenvalue weighted by Gasteiger charge is 2.08. The minimum absolute atomic E-state index is 0.0612. The maximum atomic E-state index is 12.3. The summed E-state index contributed by atoms with van der Waals surface area (Å²) in [6.07, 6.45) is 0. The molecule has 0 amide bonds. The van der Waals surface area contributed by atoms with Crippen LogP contribution < -0.4 is 5.56 Å². The van der Waals surface area contributed by atoms with E-state index in [4.69, 9.17) is 0 Å². The Hall–Kier alpha value is -1.87. The number of pyridine rings is 1.